The summed E-state index contributed by atoms with van der Waals surface area (Å²) >= 11 is 0. The number of methoxy groups -OCH3 is 3. The van der Waals surface area contributed by atoms with Crippen LogP contribution in [0.25, 0.3) is 22.2 Å². The molecule has 0 amide bonds. The highest BCUT2D eigenvalue weighted by Crippen LogP contribution is 2.42. The quantitative estimate of drug-likeness (QED) is 0.294. The Balaban J connectivity index is 1.71. The Hall–Kier alpha value is -3.77. The summed E-state index contributed by atoms with van der Waals surface area (Å²) in [5.74, 6) is 2.08. The monoisotopic (exact) mass is 443 g/mol. The molecular weight excluding hydrogens is 418 g/mol. The van der Waals surface area contributed by atoms with Crippen LogP contribution < -0.4 is 14.2 Å². The maximum atomic E-state index is 13.9. The van der Waals surface area contributed by atoms with Gasteiger partial charge in [0.25, 0.3) is 0 Å². The van der Waals surface area contributed by atoms with Crippen molar-refractivity contribution in [2.24, 2.45) is 0 Å². The highest BCUT2D eigenvalue weighted by molar-refractivity contribution is 6.21. The number of ketones is 1. The van der Waals surface area contributed by atoms with Crippen LogP contribution >= 0.6 is 0 Å². The standard InChI is InChI=1S/C27H25NO5/c1-30-16-33-19-7-5-18(6-8-19)27(29)25-23-15-21(32-3)10-11-24(23)28-13-12-17-4-9-20(31-2)14-22(17)26(25)28/h4-11,14-15H,12-13,16H2,1-3H3. The molecule has 33 heavy (non-hydrogen) atoms. The summed E-state index contributed by atoms with van der Waals surface area (Å²) in [6.07, 6.45) is 0.890. The fraction of sp³-hybridized carbons (Fsp3) is 0.222. The zero-order valence-electron chi connectivity index (χ0n) is 18.9. The molecule has 2 heterocycles. The number of ether oxygens (including phenoxy) is 4. The first-order chi connectivity index (χ1) is 16.1. The van der Waals surface area contributed by atoms with Gasteiger partial charge < -0.3 is 23.5 Å². The van der Waals surface area contributed by atoms with Gasteiger partial charge in [-0.25, -0.2) is 0 Å². The molecule has 0 saturated carbocycles. The predicted molar refractivity (Wildman–Crippen MR) is 127 cm³/mol. The third kappa shape index (κ3) is 3.62. The van der Waals surface area contributed by atoms with E-state index < -0.39 is 0 Å². The van der Waals surface area contributed by atoms with Crippen molar-refractivity contribution in [1.82, 2.24) is 4.57 Å². The molecule has 5 rings (SSSR count). The summed E-state index contributed by atoms with van der Waals surface area (Å²) in [4.78, 5) is 13.9. The lowest BCUT2D eigenvalue weighted by Gasteiger charge is -2.22. The summed E-state index contributed by atoms with van der Waals surface area (Å²) in [5.41, 5.74) is 5.43. The second kappa shape index (κ2) is 8.64. The normalized spacial score (nSPS) is 12.2. The molecule has 1 aliphatic heterocycles. The van der Waals surface area contributed by atoms with Crippen molar-refractivity contribution in [2.45, 2.75) is 13.0 Å². The minimum Gasteiger partial charge on any atom is -0.497 e. The van der Waals surface area contributed by atoms with Gasteiger partial charge in [0.15, 0.2) is 12.6 Å². The van der Waals surface area contributed by atoms with Gasteiger partial charge in [-0.3, -0.25) is 4.79 Å². The Kier molecular flexibility index (Phi) is 5.52. The molecule has 0 saturated heterocycles. The SMILES string of the molecule is COCOc1ccc(C(=O)c2c3n(c4ccc(OC)cc24)CCc2ccc(OC)cc2-3)cc1. The number of rotatable bonds is 7. The molecule has 6 heteroatoms. The van der Waals surface area contributed by atoms with Gasteiger partial charge in [-0.05, 0) is 66.6 Å². The molecule has 6 nitrogen and oxygen atoms in total. The van der Waals surface area contributed by atoms with Crippen LogP contribution in [-0.2, 0) is 17.7 Å². The van der Waals surface area contributed by atoms with E-state index in [1.807, 2.05) is 30.3 Å². The third-order valence-corrected chi connectivity index (χ3v) is 6.13. The lowest BCUT2D eigenvalue weighted by atomic mass is 9.92. The number of carbonyl (C=O) groups excluding carboxylic acids is 1. The Morgan fingerprint density at radius 1 is 0.879 bits per heavy atom. The second-order valence-electron chi connectivity index (χ2n) is 7.94. The fourth-order valence-corrected chi connectivity index (χ4v) is 4.53. The van der Waals surface area contributed by atoms with E-state index in [9.17, 15) is 4.79 Å². The molecule has 1 aromatic heterocycles. The van der Waals surface area contributed by atoms with Crippen LogP contribution in [0.4, 0.5) is 0 Å². The van der Waals surface area contributed by atoms with Crippen molar-refractivity contribution in [3.63, 3.8) is 0 Å². The van der Waals surface area contributed by atoms with Crippen molar-refractivity contribution in [3.05, 3.63) is 77.4 Å². The Labute approximate surface area is 192 Å². The lowest BCUT2D eigenvalue weighted by Crippen LogP contribution is -2.13. The minimum absolute atomic E-state index is 0.0454. The van der Waals surface area contributed by atoms with Gasteiger partial charge in [0.2, 0.25) is 0 Å². The topological polar surface area (TPSA) is 58.9 Å². The number of aryl methyl sites for hydroxylation is 2. The van der Waals surface area contributed by atoms with Crippen LogP contribution in [0.2, 0.25) is 0 Å². The van der Waals surface area contributed by atoms with Crippen molar-refractivity contribution >= 4 is 16.7 Å². The van der Waals surface area contributed by atoms with E-state index in [0.29, 0.717) is 22.6 Å². The van der Waals surface area contributed by atoms with Gasteiger partial charge in [-0.15, -0.1) is 0 Å². The predicted octanol–water partition coefficient (Wildman–Crippen LogP) is 5.10. The molecule has 3 aromatic carbocycles. The largest absolute Gasteiger partial charge is 0.497 e. The summed E-state index contributed by atoms with van der Waals surface area (Å²) in [6.45, 7) is 0.956. The number of benzene rings is 3. The van der Waals surface area contributed by atoms with E-state index in [-0.39, 0.29) is 12.6 Å². The van der Waals surface area contributed by atoms with E-state index in [1.165, 1.54) is 5.56 Å². The van der Waals surface area contributed by atoms with Crippen LogP contribution in [0.15, 0.2) is 60.7 Å². The molecule has 0 unspecified atom stereocenters. The molecule has 0 spiro atoms. The van der Waals surface area contributed by atoms with Crippen molar-refractivity contribution in [1.29, 1.82) is 0 Å². The number of carbonyl (C=O) groups is 1. The number of hydrogen-bond donors (Lipinski definition) is 0. The first kappa shape index (κ1) is 21.1. The van der Waals surface area contributed by atoms with E-state index in [0.717, 1.165) is 40.9 Å². The molecule has 0 bridgehead atoms. The first-order valence-electron chi connectivity index (χ1n) is 10.8. The zero-order chi connectivity index (χ0) is 22.9. The van der Waals surface area contributed by atoms with Gasteiger partial charge in [-0.1, -0.05) is 6.07 Å². The highest BCUT2D eigenvalue weighted by atomic mass is 16.7. The summed E-state index contributed by atoms with van der Waals surface area (Å²) in [6, 6.07) is 19.2. The lowest BCUT2D eigenvalue weighted by molar-refractivity contribution is 0.0511. The third-order valence-electron chi connectivity index (χ3n) is 6.13. The van der Waals surface area contributed by atoms with E-state index in [1.54, 1.807) is 45.6 Å². The van der Waals surface area contributed by atoms with E-state index >= 15 is 0 Å². The highest BCUT2D eigenvalue weighted by Gasteiger charge is 2.29. The van der Waals surface area contributed by atoms with Crippen LogP contribution in [0.3, 0.4) is 0 Å². The Morgan fingerprint density at radius 2 is 1.58 bits per heavy atom. The molecule has 1 aliphatic rings. The average Bonchev–Trinajstić information content (AvgIpc) is 3.20. The molecule has 0 aliphatic carbocycles. The maximum absolute atomic E-state index is 13.9. The summed E-state index contributed by atoms with van der Waals surface area (Å²) in [7, 11) is 4.86. The molecular formula is C27H25NO5. The first-order valence-corrected chi connectivity index (χ1v) is 10.8. The van der Waals surface area contributed by atoms with Crippen LogP contribution in [-0.4, -0.2) is 38.5 Å². The molecule has 0 atom stereocenters. The van der Waals surface area contributed by atoms with E-state index in [4.69, 9.17) is 18.9 Å². The smallest absolute Gasteiger partial charge is 0.195 e. The van der Waals surface area contributed by atoms with Gasteiger partial charge in [0.05, 0.1) is 25.5 Å². The van der Waals surface area contributed by atoms with Gasteiger partial charge in [0, 0.05) is 35.7 Å². The van der Waals surface area contributed by atoms with Crippen LogP contribution in [0.5, 0.6) is 17.2 Å². The summed E-state index contributed by atoms with van der Waals surface area (Å²) < 4.78 is 23.6. The second-order valence-corrected chi connectivity index (χ2v) is 7.94. The summed E-state index contributed by atoms with van der Waals surface area (Å²) in [5, 5.41) is 0.879. The fourth-order valence-electron chi connectivity index (χ4n) is 4.53. The molecule has 168 valence electrons. The van der Waals surface area contributed by atoms with Crippen LogP contribution in [0, 0.1) is 0 Å². The Bertz CT molecular complexity index is 1340. The van der Waals surface area contributed by atoms with Gasteiger partial charge in [-0.2, -0.15) is 0 Å². The van der Waals surface area contributed by atoms with Crippen LogP contribution in [0.1, 0.15) is 21.5 Å². The number of nitrogens with zero attached hydrogens (tertiary/aromatic N) is 1. The van der Waals surface area contributed by atoms with Gasteiger partial charge >= 0.3 is 0 Å². The average molecular weight is 443 g/mol. The van der Waals surface area contributed by atoms with Crippen molar-refractivity contribution < 1.29 is 23.7 Å². The number of fused-ring (bicyclic) bond motifs is 5. The van der Waals surface area contributed by atoms with Crippen molar-refractivity contribution in [3.8, 4) is 28.5 Å². The Morgan fingerprint density at radius 3 is 2.30 bits per heavy atom. The zero-order valence-corrected chi connectivity index (χ0v) is 18.9. The number of aromatic nitrogens is 1. The minimum atomic E-state index is -0.0454. The number of hydrogen-bond acceptors (Lipinski definition) is 5. The van der Waals surface area contributed by atoms with Crippen molar-refractivity contribution in [2.75, 3.05) is 28.1 Å². The maximum Gasteiger partial charge on any atom is 0.195 e. The molecule has 0 N–H and O–H groups in total. The van der Waals surface area contributed by atoms with E-state index in [2.05, 4.69) is 10.6 Å². The molecule has 0 fully saturated rings. The van der Waals surface area contributed by atoms with Gasteiger partial charge in [0.1, 0.15) is 17.2 Å². The molecule has 0 radical (unpaired) electrons. The molecule has 4 aromatic rings.